The quantitative estimate of drug-likeness (QED) is 0.184. The van der Waals surface area contributed by atoms with Gasteiger partial charge in [0, 0.05) is 39.9 Å². The Morgan fingerprint density at radius 3 is 1.21 bits per heavy atom. The standard InChI is InChI=1S/C48H30N4/c1-3-9-35-23-39(19-13-31(35)7-1)46-30-47(40-20-14-32-8-2-4-10-36(32)24-40)52-48(51-46)43-26-41(37-17-15-33-11-5-21-49-44(33)28-37)25-42(27-43)38-18-16-34-12-6-22-50-45(34)29-38/h1-30H. The molecule has 3 aromatic heterocycles. The summed E-state index contributed by atoms with van der Waals surface area (Å²) >= 11 is 0. The van der Waals surface area contributed by atoms with Crippen LogP contribution in [0.25, 0.3) is 99.5 Å². The van der Waals surface area contributed by atoms with Crippen molar-refractivity contribution in [2.24, 2.45) is 0 Å². The fraction of sp³-hybridized carbons (Fsp3) is 0. The van der Waals surface area contributed by atoms with E-state index in [0.717, 1.165) is 72.1 Å². The molecule has 0 radical (unpaired) electrons. The first-order chi connectivity index (χ1) is 25.7. The highest BCUT2D eigenvalue weighted by Crippen LogP contribution is 2.36. The molecule has 0 aliphatic carbocycles. The molecule has 0 atom stereocenters. The Hall–Kier alpha value is -7.04. The Labute approximate surface area is 300 Å². The number of nitrogens with zero attached hydrogens (tertiary/aromatic N) is 4. The molecule has 0 bridgehead atoms. The van der Waals surface area contributed by atoms with Gasteiger partial charge in [-0.25, -0.2) is 9.97 Å². The van der Waals surface area contributed by atoms with E-state index in [1.54, 1.807) is 0 Å². The van der Waals surface area contributed by atoms with E-state index in [4.69, 9.17) is 9.97 Å². The van der Waals surface area contributed by atoms with Crippen molar-refractivity contribution in [2.45, 2.75) is 0 Å². The van der Waals surface area contributed by atoms with E-state index >= 15 is 0 Å². The average molecular weight is 663 g/mol. The summed E-state index contributed by atoms with van der Waals surface area (Å²) in [6, 6.07) is 59.8. The zero-order chi connectivity index (χ0) is 34.4. The van der Waals surface area contributed by atoms with Crippen LogP contribution in [0.5, 0.6) is 0 Å². The monoisotopic (exact) mass is 662 g/mol. The predicted molar refractivity (Wildman–Crippen MR) is 215 cm³/mol. The van der Waals surface area contributed by atoms with Gasteiger partial charge in [0.25, 0.3) is 0 Å². The van der Waals surface area contributed by atoms with Crippen LogP contribution in [0.1, 0.15) is 0 Å². The second-order valence-corrected chi connectivity index (χ2v) is 13.2. The number of fused-ring (bicyclic) bond motifs is 4. The maximum Gasteiger partial charge on any atom is 0.160 e. The van der Waals surface area contributed by atoms with Gasteiger partial charge in [0.1, 0.15) is 0 Å². The summed E-state index contributed by atoms with van der Waals surface area (Å²) in [5.41, 5.74) is 10.9. The molecule has 7 aromatic carbocycles. The molecule has 4 heteroatoms. The third kappa shape index (κ3) is 5.53. The minimum Gasteiger partial charge on any atom is -0.256 e. The van der Waals surface area contributed by atoms with E-state index in [1.165, 1.54) is 21.5 Å². The Balaban J connectivity index is 1.21. The van der Waals surface area contributed by atoms with Crippen molar-refractivity contribution in [1.29, 1.82) is 0 Å². The third-order valence-electron chi connectivity index (χ3n) is 9.89. The molecule has 10 aromatic rings. The van der Waals surface area contributed by atoms with Gasteiger partial charge >= 0.3 is 0 Å². The van der Waals surface area contributed by atoms with Crippen LogP contribution in [-0.2, 0) is 0 Å². The van der Waals surface area contributed by atoms with Crippen molar-refractivity contribution >= 4 is 43.4 Å². The summed E-state index contributed by atoms with van der Waals surface area (Å²) in [7, 11) is 0. The number of aromatic nitrogens is 4. The maximum atomic E-state index is 5.30. The number of hydrogen-bond donors (Lipinski definition) is 0. The molecule has 242 valence electrons. The largest absolute Gasteiger partial charge is 0.256 e. The molecule has 0 N–H and O–H groups in total. The molecule has 0 saturated heterocycles. The first-order valence-corrected chi connectivity index (χ1v) is 17.4. The normalized spacial score (nSPS) is 11.5. The van der Waals surface area contributed by atoms with Crippen LogP contribution in [-0.4, -0.2) is 19.9 Å². The van der Waals surface area contributed by atoms with Gasteiger partial charge in [-0.1, -0.05) is 109 Å². The van der Waals surface area contributed by atoms with Gasteiger partial charge in [-0.15, -0.1) is 0 Å². The van der Waals surface area contributed by atoms with E-state index in [9.17, 15) is 0 Å². The second-order valence-electron chi connectivity index (χ2n) is 13.2. The first kappa shape index (κ1) is 29.8. The average Bonchev–Trinajstić information content (AvgIpc) is 3.22. The van der Waals surface area contributed by atoms with Crippen LogP contribution < -0.4 is 0 Å². The van der Waals surface area contributed by atoms with Gasteiger partial charge in [0.05, 0.1) is 22.4 Å². The number of benzene rings is 7. The zero-order valence-corrected chi connectivity index (χ0v) is 28.1. The minimum absolute atomic E-state index is 0.662. The van der Waals surface area contributed by atoms with Crippen molar-refractivity contribution in [3.8, 4) is 56.2 Å². The highest BCUT2D eigenvalue weighted by Gasteiger charge is 2.15. The molecular weight excluding hydrogens is 633 g/mol. The van der Waals surface area contributed by atoms with Gasteiger partial charge in [0.2, 0.25) is 0 Å². The summed E-state index contributed by atoms with van der Waals surface area (Å²) in [6.07, 6.45) is 3.69. The van der Waals surface area contributed by atoms with E-state index in [-0.39, 0.29) is 0 Å². The number of rotatable bonds is 5. The van der Waals surface area contributed by atoms with E-state index < -0.39 is 0 Å². The highest BCUT2D eigenvalue weighted by atomic mass is 14.9. The smallest absolute Gasteiger partial charge is 0.160 e. The molecule has 4 nitrogen and oxygen atoms in total. The zero-order valence-electron chi connectivity index (χ0n) is 28.1. The first-order valence-electron chi connectivity index (χ1n) is 17.4. The van der Waals surface area contributed by atoms with Crippen molar-refractivity contribution in [1.82, 2.24) is 19.9 Å². The summed E-state index contributed by atoms with van der Waals surface area (Å²) in [5.74, 6) is 0.662. The molecule has 0 unspecified atom stereocenters. The maximum absolute atomic E-state index is 5.30. The fourth-order valence-corrected chi connectivity index (χ4v) is 7.15. The molecule has 0 spiro atoms. The van der Waals surface area contributed by atoms with Crippen LogP contribution in [0.3, 0.4) is 0 Å². The van der Waals surface area contributed by atoms with Crippen LogP contribution >= 0.6 is 0 Å². The van der Waals surface area contributed by atoms with Crippen molar-refractivity contribution in [3.63, 3.8) is 0 Å². The number of hydrogen-bond acceptors (Lipinski definition) is 4. The molecule has 0 amide bonds. The molecule has 52 heavy (non-hydrogen) atoms. The molecule has 3 heterocycles. The fourth-order valence-electron chi connectivity index (χ4n) is 7.15. The van der Waals surface area contributed by atoms with Crippen molar-refractivity contribution in [2.75, 3.05) is 0 Å². The summed E-state index contributed by atoms with van der Waals surface area (Å²) in [5, 5.41) is 6.95. The summed E-state index contributed by atoms with van der Waals surface area (Å²) in [6.45, 7) is 0. The SMILES string of the molecule is c1ccc2cc(-c3cc(-c4ccc5ccccc5c4)nc(-c4cc(-c5ccc6cccnc6c5)cc(-c5ccc6cccnc6c5)c4)n3)ccc2c1. The lowest BCUT2D eigenvalue weighted by Gasteiger charge is -2.14. The molecular formula is C48H30N4. The molecule has 0 aliphatic heterocycles. The molecule has 0 fully saturated rings. The van der Waals surface area contributed by atoms with Gasteiger partial charge in [-0.05, 0) is 104 Å². The Morgan fingerprint density at radius 1 is 0.269 bits per heavy atom. The van der Waals surface area contributed by atoms with Gasteiger partial charge in [0.15, 0.2) is 5.82 Å². The van der Waals surface area contributed by atoms with Crippen LogP contribution in [0.2, 0.25) is 0 Å². The minimum atomic E-state index is 0.662. The highest BCUT2D eigenvalue weighted by molar-refractivity contribution is 5.92. The third-order valence-corrected chi connectivity index (χ3v) is 9.89. The van der Waals surface area contributed by atoms with Gasteiger partial charge < -0.3 is 0 Å². The van der Waals surface area contributed by atoms with E-state index in [0.29, 0.717) is 5.82 Å². The predicted octanol–water partition coefficient (Wildman–Crippen LogP) is 12.2. The van der Waals surface area contributed by atoms with Gasteiger partial charge in [-0.2, -0.15) is 0 Å². The van der Waals surface area contributed by atoms with Crippen LogP contribution in [0, 0.1) is 0 Å². The summed E-state index contributed by atoms with van der Waals surface area (Å²) in [4.78, 5) is 19.9. The second kappa shape index (κ2) is 12.4. The lowest BCUT2D eigenvalue weighted by molar-refractivity contribution is 1.18. The lowest BCUT2D eigenvalue weighted by atomic mass is 9.94. The Kier molecular flexibility index (Phi) is 7.10. The number of pyridine rings is 2. The molecule has 10 rings (SSSR count). The Bertz CT molecular complexity index is 2580. The van der Waals surface area contributed by atoms with Crippen molar-refractivity contribution < 1.29 is 0 Å². The molecule has 0 saturated carbocycles. The lowest BCUT2D eigenvalue weighted by Crippen LogP contribution is -1.97. The topological polar surface area (TPSA) is 51.6 Å². The Morgan fingerprint density at radius 2 is 0.692 bits per heavy atom. The van der Waals surface area contributed by atoms with Crippen LogP contribution in [0.4, 0.5) is 0 Å². The summed E-state index contributed by atoms with van der Waals surface area (Å²) < 4.78 is 0. The van der Waals surface area contributed by atoms with Gasteiger partial charge in [-0.3, -0.25) is 9.97 Å². The van der Waals surface area contributed by atoms with E-state index in [1.807, 2.05) is 24.5 Å². The molecule has 0 aliphatic rings. The van der Waals surface area contributed by atoms with E-state index in [2.05, 4.69) is 168 Å². The van der Waals surface area contributed by atoms with Crippen molar-refractivity contribution in [3.05, 3.63) is 182 Å². The van der Waals surface area contributed by atoms with Crippen LogP contribution in [0.15, 0.2) is 182 Å².